The van der Waals surface area contributed by atoms with Crippen molar-refractivity contribution in [1.82, 2.24) is 5.32 Å². The molecule has 2 aromatic rings. The van der Waals surface area contributed by atoms with E-state index in [1.807, 2.05) is 6.92 Å². The van der Waals surface area contributed by atoms with Crippen molar-refractivity contribution in [2.75, 3.05) is 11.9 Å². The molecule has 5 heteroatoms. The molecule has 0 bridgehead atoms. The maximum atomic E-state index is 13.4. The number of para-hydroxylation sites is 1. The van der Waals surface area contributed by atoms with Gasteiger partial charge in [-0.05, 0) is 36.8 Å². The number of carbonyl (C=O) groups excluding carboxylic acids is 1. The first kappa shape index (κ1) is 15.1. The fraction of sp³-hybridized carbons (Fsp3) is 0.188. The van der Waals surface area contributed by atoms with Crippen molar-refractivity contribution >= 4 is 11.6 Å². The van der Waals surface area contributed by atoms with Crippen LogP contribution in [0.5, 0.6) is 0 Å². The number of anilines is 1. The summed E-state index contributed by atoms with van der Waals surface area (Å²) in [6.45, 7) is 1.83. The van der Waals surface area contributed by atoms with E-state index in [1.165, 1.54) is 24.3 Å². The smallest absolute Gasteiger partial charge is 0.238 e. The molecule has 0 aliphatic rings. The van der Waals surface area contributed by atoms with Crippen molar-refractivity contribution in [3.63, 3.8) is 0 Å². The Hall–Kier alpha value is -2.27. The van der Waals surface area contributed by atoms with Gasteiger partial charge in [-0.15, -0.1) is 0 Å². The molecule has 0 saturated carbocycles. The van der Waals surface area contributed by atoms with E-state index in [-0.39, 0.29) is 30.0 Å². The summed E-state index contributed by atoms with van der Waals surface area (Å²) in [4.78, 5) is 11.8. The second kappa shape index (κ2) is 6.95. The average Bonchev–Trinajstić information content (AvgIpc) is 2.47. The van der Waals surface area contributed by atoms with Gasteiger partial charge in [-0.2, -0.15) is 0 Å². The predicted octanol–water partition coefficient (Wildman–Crippen LogP) is 3.25. The Balaban J connectivity index is 1.88. The van der Waals surface area contributed by atoms with Gasteiger partial charge in [0.1, 0.15) is 11.6 Å². The lowest BCUT2D eigenvalue weighted by molar-refractivity contribution is -0.115. The third-order valence-corrected chi connectivity index (χ3v) is 3.07. The van der Waals surface area contributed by atoms with E-state index in [2.05, 4.69) is 10.6 Å². The first-order valence-electron chi connectivity index (χ1n) is 6.59. The minimum Gasteiger partial charge on any atom is -0.322 e. The zero-order valence-corrected chi connectivity index (χ0v) is 11.6. The summed E-state index contributed by atoms with van der Waals surface area (Å²) in [6, 6.07) is 11.9. The number of amides is 1. The van der Waals surface area contributed by atoms with Gasteiger partial charge in [0, 0.05) is 6.04 Å². The number of hydrogen-bond donors (Lipinski definition) is 2. The monoisotopic (exact) mass is 290 g/mol. The summed E-state index contributed by atoms with van der Waals surface area (Å²) in [5, 5.41) is 5.44. The minimum absolute atomic E-state index is 0.00597. The lowest BCUT2D eigenvalue weighted by Crippen LogP contribution is -2.30. The molecule has 110 valence electrons. The fourth-order valence-electron chi connectivity index (χ4n) is 1.90. The van der Waals surface area contributed by atoms with E-state index in [9.17, 15) is 13.6 Å². The molecule has 2 N–H and O–H groups in total. The van der Waals surface area contributed by atoms with Gasteiger partial charge in [-0.25, -0.2) is 8.78 Å². The van der Waals surface area contributed by atoms with Crippen molar-refractivity contribution in [3.8, 4) is 0 Å². The second-order valence-corrected chi connectivity index (χ2v) is 4.69. The summed E-state index contributed by atoms with van der Waals surface area (Å²) >= 11 is 0. The van der Waals surface area contributed by atoms with E-state index in [4.69, 9.17) is 0 Å². The zero-order chi connectivity index (χ0) is 15.2. The summed E-state index contributed by atoms with van der Waals surface area (Å²) in [5.74, 6) is -1.16. The molecule has 1 amide bonds. The molecule has 2 rings (SSSR count). The van der Waals surface area contributed by atoms with Crippen LogP contribution in [0.4, 0.5) is 14.5 Å². The van der Waals surface area contributed by atoms with Crippen molar-refractivity contribution < 1.29 is 13.6 Å². The van der Waals surface area contributed by atoms with Gasteiger partial charge in [0.25, 0.3) is 0 Å². The number of hydrogen-bond acceptors (Lipinski definition) is 2. The topological polar surface area (TPSA) is 41.1 Å². The highest BCUT2D eigenvalue weighted by Crippen LogP contribution is 2.14. The Morgan fingerprint density at radius 2 is 1.90 bits per heavy atom. The maximum absolute atomic E-state index is 13.4. The summed E-state index contributed by atoms with van der Waals surface area (Å²) in [7, 11) is 0. The van der Waals surface area contributed by atoms with Crippen LogP contribution in [-0.4, -0.2) is 12.5 Å². The van der Waals surface area contributed by atoms with Crippen LogP contribution >= 0.6 is 0 Å². The predicted molar refractivity (Wildman–Crippen MR) is 77.8 cm³/mol. The standard InChI is InChI=1S/C16H16F2N2O/c1-11(12-5-4-6-13(17)9-12)19-10-16(21)20-15-8-3-2-7-14(15)18/h2-9,11,19H,10H2,1H3,(H,20,21). The molecule has 0 heterocycles. The van der Waals surface area contributed by atoms with Gasteiger partial charge in [0.2, 0.25) is 5.91 Å². The number of carbonyl (C=O) groups is 1. The van der Waals surface area contributed by atoms with Crippen LogP contribution in [0.3, 0.4) is 0 Å². The Morgan fingerprint density at radius 3 is 2.62 bits per heavy atom. The molecule has 0 fully saturated rings. The van der Waals surface area contributed by atoms with Gasteiger partial charge in [0.05, 0.1) is 12.2 Å². The van der Waals surface area contributed by atoms with Crippen LogP contribution in [0.15, 0.2) is 48.5 Å². The van der Waals surface area contributed by atoms with Crippen LogP contribution < -0.4 is 10.6 Å². The Morgan fingerprint density at radius 1 is 1.14 bits per heavy atom. The number of rotatable bonds is 5. The first-order chi connectivity index (χ1) is 10.1. The molecule has 3 nitrogen and oxygen atoms in total. The number of halogens is 2. The second-order valence-electron chi connectivity index (χ2n) is 4.69. The zero-order valence-electron chi connectivity index (χ0n) is 11.6. The summed E-state index contributed by atoms with van der Waals surface area (Å²) in [5.41, 5.74) is 0.886. The third kappa shape index (κ3) is 4.36. The molecule has 0 radical (unpaired) electrons. The first-order valence-corrected chi connectivity index (χ1v) is 6.59. The molecule has 0 spiro atoms. The van der Waals surface area contributed by atoms with Gasteiger partial charge >= 0.3 is 0 Å². The SMILES string of the molecule is CC(NCC(=O)Nc1ccccc1F)c1cccc(F)c1. The van der Waals surface area contributed by atoms with Crippen molar-refractivity contribution in [1.29, 1.82) is 0 Å². The van der Waals surface area contributed by atoms with E-state index >= 15 is 0 Å². The molecule has 0 aliphatic carbocycles. The minimum atomic E-state index is -0.482. The highest BCUT2D eigenvalue weighted by atomic mass is 19.1. The van der Waals surface area contributed by atoms with E-state index < -0.39 is 5.82 Å². The van der Waals surface area contributed by atoms with Crippen LogP contribution in [-0.2, 0) is 4.79 Å². The third-order valence-electron chi connectivity index (χ3n) is 3.07. The molecule has 1 atom stereocenters. The highest BCUT2D eigenvalue weighted by molar-refractivity contribution is 5.92. The lowest BCUT2D eigenvalue weighted by Gasteiger charge is -2.14. The molecule has 2 aromatic carbocycles. The van der Waals surface area contributed by atoms with Crippen molar-refractivity contribution in [3.05, 3.63) is 65.7 Å². The van der Waals surface area contributed by atoms with Gasteiger partial charge in [-0.3, -0.25) is 4.79 Å². The Labute approximate surface area is 122 Å². The molecule has 21 heavy (non-hydrogen) atoms. The number of benzene rings is 2. The largest absolute Gasteiger partial charge is 0.322 e. The van der Waals surface area contributed by atoms with E-state index in [0.717, 1.165) is 5.56 Å². The summed E-state index contributed by atoms with van der Waals surface area (Å²) < 4.78 is 26.5. The normalized spacial score (nSPS) is 12.0. The average molecular weight is 290 g/mol. The van der Waals surface area contributed by atoms with Crippen LogP contribution in [0.1, 0.15) is 18.5 Å². The molecular weight excluding hydrogens is 274 g/mol. The van der Waals surface area contributed by atoms with E-state index in [0.29, 0.717) is 0 Å². The molecular formula is C16H16F2N2O. The van der Waals surface area contributed by atoms with Crippen LogP contribution in [0, 0.1) is 11.6 Å². The van der Waals surface area contributed by atoms with Crippen LogP contribution in [0.2, 0.25) is 0 Å². The number of nitrogens with one attached hydrogen (secondary N) is 2. The quantitative estimate of drug-likeness (QED) is 0.887. The van der Waals surface area contributed by atoms with E-state index in [1.54, 1.807) is 24.3 Å². The molecule has 0 aromatic heterocycles. The van der Waals surface area contributed by atoms with Gasteiger partial charge < -0.3 is 10.6 Å². The molecule has 0 saturated heterocycles. The Bertz CT molecular complexity index is 631. The summed E-state index contributed by atoms with van der Waals surface area (Å²) in [6.07, 6.45) is 0. The van der Waals surface area contributed by atoms with Crippen molar-refractivity contribution in [2.24, 2.45) is 0 Å². The fourth-order valence-corrected chi connectivity index (χ4v) is 1.90. The Kier molecular flexibility index (Phi) is 5.00. The van der Waals surface area contributed by atoms with Crippen molar-refractivity contribution in [2.45, 2.75) is 13.0 Å². The molecule has 0 aliphatic heterocycles. The molecule has 1 unspecified atom stereocenters. The van der Waals surface area contributed by atoms with Crippen LogP contribution in [0.25, 0.3) is 0 Å². The highest BCUT2D eigenvalue weighted by Gasteiger charge is 2.10. The van der Waals surface area contributed by atoms with Gasteiger partial charge in [-0.1, -0.05) is 24.3 Å². The maximum Gasteiger partial charge on any atom is 0.238 e. The lowest BCUT2D eigenvalue weighted by atomic mass is 10.1. The van der Waals surface area contributed by atoms with Gasteiger partial charge in [0.15, 0.2) is 0 Å².